The van der Waals surface area contributed by atoms with Crippen LogP contribution in [0.15, 0.2) is 36.4 Å². The van der Waals surface area contributed by atoms with Gasteiger partial charge in [-0.15, -0.1) is 0 Å². The predicted octanol–water partition coefficient (Wildman–Crippen LogP) is 0.786. The normalized spacial score (nSPS) is 16.8. The van der Waals surface area contributed by atoms with E-state index in [0.29, 0.717) is 11.1 Å². The molecule has 4 N–H and O–H groups in total. The first-order valence-electron chi connectivity index (χ1n) is 6.89. The molecule has 0 aliphatic carbocycles. The average Bonchev–Trinajstić information content (AvgIpc) is 2.80. The van der Waals surface area contributed by atoms with Gasteiger partial charge in [0, 0.05) is 11.1 Å². The Kier molecular flexibility index (Phi) is 3.87. The monoisotopic (exact) mass is 337 g/mol. The highest BCUT2D eigenvalue weighted by Crippen LogP contribution is 2.32. The number of halogens is 3. The lowest BCUT2D eigenvalue weighted by atomic mass is 9.75. The second-order valence-electron chi connectivity index (χ2n) is 5.35. The SMILES string of the molecule is O=C1NC(O)c2ccc(-c3ccc(C(F)(F)F)c(B(O)O)c3)cc21. The van der Waals surface area contributed by atoms with Crippen molar-refractivity contribution in [3.8, 4) is 11.1 Å². The summed E-state index contributed by atoms with van der Waals surface area (Å²) in [5, 5.41) is 30.4. The van der Waals surface area contributed by atoms with Gasteiger partial charge in [-0.05, 0) is 28.7 Å². The van der Waals surface area contributed by atoms with E-state index in [4.69, 9.17) is 0 Å². The summed E-state index contributed by atoms with van der Waals surface area (Å²) in [4.78, 5) is 11.7. The number of nitrogens with one attached hydrogen (secondary N) is 1. The average molecular weight is 337 g/mol. The number of aliphatic hydroxyl groups is 1. The van der Waals surface area contributed by atoms with Crippen molar-refractivity contribution >= 4 is 18.5 Å². The van der Waals surface area contributed by atoms with Crippen molar-refractivity contribution in [3.63, 3.8) is 0 Å². The van der Waals surface area contributed by atoms with E-state index < -0.39 is 36.5 Å². The van der Waals surface area contributed by atoms with E-state index in [0.717, 1.165) is 12.1 Å². The lowest BCUT2D eigenvalue weighted by Crippen LogP contribution is -2.36. The number of hydrogen-bond acceptors (Lipinski definition) is 4. The second kappa shape index (κ2) is 5.62. The molecule has 0 radical (unpaired) electrons. The Labute approximate surface area is 134 Å². The summed E-state index contributed by atoms with van der Waals surface area (Å²) >= 11 is 0. The standard InChI is InChI=1S/C15H11BF3NO4/c17-15(18,19)11-4-2-8(6-12(11)16(23)24)7-1-3-9-10(5-7)14(22)20-13(9)21/h1-6,13,21,23-24H,(H,20,22). The van der Waals surface area contributed by atoms with Gasteiger partial charge >= 0.3 is 13.3 Å². The Morgan fingerprint density at radius 3 is 2.29 bits per heavy atom. The first-order chi connectivity index (χ1) is 11.2. The molecular formula is C15H11BF3NO4. The zero-order valence-electron chi connectivity index (χ0n) is 12.0. The number of carbonyl (C=O) groups excluding carboxylic acids is 1. The van der Waals surface area contributed by atoms with Crippen molar-refractivity contribution in [1.29, 1.82) is 0 Å². The molecule has 5 nitrogen and oxygen atoms in total. The topological polar surface area (TPSA) is 89.8 Å². The second-order valence-corrected chi connectivity index (χ2v) is 5.35. The smallest absolute Gasteiger partial charge is 0.423 e. The van der Waals surface area contributed by atoms with Crippen LogP contribution in [-0.4, -0.2) is 28.2 Å². The molecule has 1 heterocycles. The third kappa shape index (κ3) is 2.77. The van der Waals surface area contributed by atoms with Crippen molar-refractivity contribution in [2.24, 2.45) is 0 Å². The number of amides is 1. The first-order valence-corrected chi connectivity index (χ1v) is 6.89. The summed E-state index contributed by atoms with van der Waals surface area (Å²) < 4.78 is 38.7. The van der Waals surface area contributed by atoms with Crippen LogP contribution in [0.4, 0.5) is 13.2 Å². The van der Waals surface area contributed by atoms with Crippen LogP contribution in [0.1, 0.15) is 27.7 Å². The molecule has 0 spiro atoms. The number of carbonyl (C=O) groups is 1. The van der Waals surface area contributed by atoms with Crippen LogP contribution < -0.4 is 10.8 Å². The summed E-state index contributed by atoms with van der Waals surface area (Å²) in [6.07, 6.45) is -5.84. The number of rotatable bonds is 2. The van der Waals surface area contributed by atoms with E-state index in [1.165, 1.54) is 24.3 Å². The molecule has 1 amide bonds. The summed E-state index contributed by atoms with van der Waals surface area (Å²) in [6, 6.07) is 7.39. The molecule has 0 bridgehead atoms. The fourth-order valence-corrected chi connectivity index (χ4v) is 2.66. The Morgan fingerprint density at radius 2 is 1.67 bits per heavy atom. The molecule has 0 saturated heterocycles. The minimum absolute atomic E-state index is 0.214. The summed E-state index contributed by atoms with van der Waals surface area (Å²) in [5.41, 5.74) is -0.540. The molecule has 24 heavy (non-hydrogen) atoms. The van der Waals surface area contributed by atoms with Gasteiger partial charge in [0.15, 0.2) is 6.23 Å². The van der Waals surface area contributed by atoms with Crippen LogP contribution in [-0.2, 0) is 6.18 Å². The van der Waals surface area contributed by atoms with Crippen LogP contribution in [0.2, 0.25) is 0 Å². The third-order valence-corrected chi connectivity index (χ3v) is 3.83. The zero-order valence-corrected chi connectivity index (χ0v) is 12.0. The Balaban J connectivity index is 2.10. The van der Waals surface area contributed by atoms with E-state index >= 15 is 0 Å². The summed E-state index contributed by atoms with van der Waals surface area (Å²) in [7, 11) is -2.29. The lowest BCUT2D eigenvalue weighted by Gasteiger charge is -2.14. The lowest BCUT2D eigenvalue weighted by molar-refractivity contribution is -0.136. The fraction of sp³-hybridized carbons (Fsp3) is 0.133. The predicted molar refractivity (Wildman–Crippen MR) is 79.1 cm³/mol. The van der Waals surface area contributed by atoms with Crippen LogP contribution in [0.3, 0.4) is 0 Å². The molecule has 2 aromatic carbocycles. The number of alkyl halides is 3. The maximum absolute atomic E-state index is 12.9. The number of aliphatic hydroxyl groups excluding tert-OH is 1. The van der Waals surface area contributed by atoms with E-state index in [2.05, 4.69) is 5.32 Å². The van der Waals surface area contributed by atoms with E-state index in [9.17, 15) is 33.1 Å². The van der Waals surface area contributed by atoms with E-state index in [1.807, 2.05) is 0 Å². The maximum atomic E-state index is 12.9. The Bertz CT molecular complexity index is 823. The molecule has 3 rings (SSSR count). The van der Waals surface area contributed by atoms with Crippen LogP contribution in [0, 0.1) is 0 Å². The first kappa shape index (κ1) is 16.5. The third-order valence-electron chi connectivity index (χ3n) is 3.83. The molecular weight excluding hydrogens is 326 g/mol. The van der Waals surface area contributed by atoms with Crippen LogP contribution in [0.5, 0.6) is 0 Å². The van der Waals surface area contributed by atoms with E-state index in [1.54, 1.807) is 0 Å². The van der Waals surface area contributed by atoms with Crippen molar-refractivity contribution < 1.29 is 33.1 Å². The van der Waals surface area contributed by atoms with Gasteiger partial charge in [-0.25, -0.2) is 0 Å². The molecule has 0 aromatic heterocycles. The van der Waals surface area contributed by atoms with Crippen LogP contribution in [0.25, 0.3) is 11.1 Å². The van der Waals surface area contributed by atoms with E-state index in [-0.39, 0.29) is 11.1 Å². The summed E-state index contributed by atoms with van der Waals surface area (Å²) in [6.45, 7) is 0. The molecule has 9 heteroatoms. The van der Waals surface area contributed by atoms with Crippen molar-refractivity contribution in [1.82, 2.24) is 5.32 Å². The van der Waals surface area contributed by atoms with Gasteiger partial charge in [-0.2, -0.15) is 13.2 Å². The zero-order chi connectivity index (χ0) is 17.6. The van der Waals surface area contributed by atoms with Gasteiger partial charge in [0.2, 0.25) is 0 Å². The molecule has 0 saturated carbocycles. The molecule has 1 atom stereocenters. The molecule has 1 unspecified atom stereocenters. The number of hydrogen-bond donors (Lipinski definition) is 4. The van der Waals surface area contributed by atoms with Gasteiger partial charge in [-0.1, -0.05) is 24.3 Å². The fourth-order valence-electron chi connectivity index (χ4n) is 2.66. The van der Waals surface area contributed by atoms with Gasteiger partial charge in [-0.3, -0.25) is 4.79 Å². The highest BCUT2D eigenvalue weighted by atomic mass is 19.4. The minimum atomic E-state index is -4.72. The number of fused-ring (bicyclic) bond motifs is 1. The highest BCUT2D eigenvalue weighted by Gasteiger charge is 2.36. The van der Waals surface area contributed by atoms with Gasteiger partial charge < -0.3 is 20.5 Å². The minimum Gasteiger partial charge on any atom is -0.423 e. The Hall–Kier alpha value is -2.36. The molecule has 1 aliphatic rings. The molecule has 0 fully saturated rings. The maximum Gasteiger partial charge on any atom is 0.489 e. The summed E-state index contributed by atoms with van der Waals surface area (Å²) in [5.74, 6) is -0.492. The number of benzene rings is 2. The molecule has 124 valence electrons. The quantitative estimate of drug-likeness (QED) is 0.610. The highest BCUT2D eigenvalue weighted by molar-refractivity contribution is 6.59. The molecule has 1 aliphatic heterocycles. The van der Waals surface area contributed by atoms with Gasteiger partial charge in [0.05, 0.1) is 5.56 Å². The van der Waals surface area contributed by atoms with Crippen LogP contribution >= 0.6 is 0 Å². The Morgan fingerprint density at radius 1 is 1.04 bits per heavy atom. The van der Waals surface area contributed by atoms with Crippen molar-refractivity contribution in [2.75, 3.05) is 0 Å². The van der Waals surface area contributed by atoms with Gasteiger partial charge in [0.25, 0.3) is 5.91 Å². The molecule has 2 aromatic rings. The van der Waals surface area contributed by atoms with Gasteiger partial charge in [0.1, 0.15) is 0 Å². The van der Waals surface area contributed by atoms with Crippen molar-refractivity contribution in [3.05, 3.63) is 53.1 Å². The largest absolute Gasteiger partial charge is 0.489 e. The van der Waals surface area contributed by atoms with Crippen molar-refractivity contribution in [2.45, 2.75) is 12.4 Å².